The van der Waals surface area contributed by atoms with E-state index in [1.807, 2.05) is 0 Å². The van der Waals surface area contributed by atoms with Gasteiger partial charge in [0.2, 0.25) is 0 Å². The summed E-state index contributed by atoms with van der Waals surface area (Å²) in [7, 11) is 1.52. The summed E-state index contributed by atoms with van der Waals surface area (Å²) in [5.74, 6) is 0.621. The fraction of sp³-hybridized carbons (Fsp3) is 0.500. The van der Waals surface area contributed by atoms with Gasteiger partial charge in [0.15, 0.2) is 0 Å². The molecule has 19 heavy (non-hydrogen) atoms. The summed E-state index contributed by atoms with van der Waals surface area (Å²) >= 11 is 3.27. The molecule has 0 aliphatic rings. The summed E-state index contributed by atoms with van der Waals surface area (Å²) in [6.07, 6.45) is -5.15. The second-order valence-electron chi connectivity index (χ2n) is 3.86. The van der Waals surface area contributed by atoms with Crippen LogP contribution in [0.1, 0.15) is 18.1 Å². The van der Waals surface area contributed by atoms with Crippen molar-refractivity contribution in [3.63, 3.8) is 0 Å². The summed E-state index contributed by atoms with van der Waals surface area (Å²) in [5.41, 5.74) is 0.580. The van der Waals surface area contributed by atoms with Crippen LogP contribution in [-0.2, 0) is 4.74 Å². The van der Waals surface area contributed by atoms with Crippen molar-refractivity contribution in [1.82, 2.24) is 0 Å². The maximum absolute atomic E-state index is 11.8. The molecule has 1 N–H and O–H groups in total. The molecule has 0 aromatic heterocycles. The van der Waals surface area contributed by atoms with Gasteiger partial charge in [-0.25, -0.2) is 0 Å². The van der Waals surface area contributed by atoms with Gasteiger partial charge in [-0.15, -0.1) is 0 Å². The summed E-state index contributed by atoms with van der Waals surface area (Å²) in [5, 5.41) is 9.86. The van der Waals surface area contributed by atoms with Crippen LogP contribution in [0, 0.1) is 0 Å². The third-order valence-electron chi connectivity index (χ3n) is 2.37. The quantitative estimate of drug-likeness (QED) is 0.804. The minimum atomic E-state index is -4.34. The lowest BCUT2D eigenvalue weighted by Gasteiger charge is -2.14. The molecule has 0 spiro atoms. The second-order valence-corrected chi connectivity index (χ2v) is 4.71. The second kappa shape index (κ2) is 7.12. The standard InChI is InChI=1S/C12H14BrF3O3/c1-18-8-2-3-9(10(13)6-8)11(17)4-5-19-7-12(14,15)16/h2-3,6,11,17H,4-5,7H2,1H3. The van der Waals surface area contributed by atoms with E-state index in [9.17, 15) is 18.3 Å². The molecular weight excluding hydrogens is 329 g/mol. The van der Waals surface area contributed by atoms with Gasteiger partial charge in [0, 0.05) is 17.5 Å². The molecule has 0 bridgehead atoms. The molecule has 0 saturated carbocycles. The van der Waals surface area contributed by atoms with Gasteiger partial charge >= 0.3 is 6.18 Å². The van der Waals surface area contributed by atoms with E-state index < -0.39 is 18.9 Å². The van der Waals surface area contributed by atoms with Gasteiger partial charge in [-0.2, -0.15) is 13.2 Å². The Kier molecular flexibility index (Phi) is 6.09. The monoisotopic (exact) mass is 342 g/mol. The van der Waals surface area contributed by atoms with E-state index in [4.69, 9.17) is 4.74 Å². The highest BCUT2D eigenvalue weighted by molar-refractivity contribution is 9.10. The van der Waals surface area contributed by atoms with Gasteiger partial charge in [-0.1, -0.05) is 22.0 Å². The molecular formula is C12H14BrF3O3. The number of aliphatic hydroxyl groups is 1. The van der Waals surface area contributed by atoms with Gasteiger partial charge < -0.3 is 14.6 Å². The van der Waals surface area contributed by atoms with E-state index in [-0.39, 0.29) is 13.0 Å². The number of ether oxygens (including phenoxy) is 2. The Morgan fingerprint density at radius 3 is 2.58 bits per heavy atom. The summed E-state index contributed by atoms with van der Waals surface area (Å²) < 4.78 is 45.6. The average Bonchev–Trinajstić information content (AvgIpc) is 2.33. The van der Waals surface area contributed by atoms with E-state index in [0.717, 1.165) is 0 Å². The lowest BCUT2D eigenvalue weighted by Crippen LogP contribution is -2.18. The van der Waals surface area contributed by atoms with Crippen LogP contribution in [0.3, 0.4) is 0 Å². The highest BCUT2D eigenvalue weighted by Crippen LogP contribution is 2.29. The molecule has 108 valence electrons. The number of rotatable bonds is 6. The molecule has 1 rings (SSSR count). The predicted molar refractivity (Wildman–Crippen MR) is 67.1 cm³/mol. The third-order valence-corrected chi connectivity index (χ3v) is 3.05. The molecule has 1 atom stereocenters. The Hall–Kier alpha value is -0.790. The largest absolute Gasteiger partial charge is 0.497 e. The van der Waals surface area contributed by atoms with Gasteiger partial charge in [0.05, 0.1) is 13.2 Å². The van der Waals surface area contributed by atoms with Crippen molar-refractivity contribution in [2.45, 2.75) is 18.7 Å². The molecule has 0 fully saturated rings. The number of aliphatic hydroxyl groups excluding tert-OH is 1. The molecule has 1 aromatic rings. The Balaban J connectivity index is 2.47. The molecule has 0 radical (unpaired) electrons. The third kappa shape index (κ3) is 5.80. The van der Waals surface area contributed by atoms with Gasteiger partial charge in [-0.05, 0) is 17.7 Å². The van der Waals surface area contributed by atoms with Crippen molar-refractivity contribution in [3.8, 4) is 5.75 Å². The topological polar surface area (TPSA) is 38.7 Å². The lowest BCUT2D eigenvalue weighted by molar-refractivity contribution is -0.175. The highest BCUT2D eigenvalue weighted by Gasteiger charge is 2.27. The van der Waals surface area contributed by atoms with E-state index in [0.29, 0.717) is 15.8 Å². The molecule has 0 aliphatic carbocycles. The average molecular weight is 343 g/mol. The summed E-state index contributed by atoms with van der Waals surface area (Å²) in [4.78, 5) is 0. The first-order valence-corrected chi connectivity index (χ1v) is 6.29. The molecule has 0 aliphatic heterocycles. The zero-order chi connectivity index (χ0) is 14.5. The maximum atomic E-state index is 11.8. The van der Waals surface area contributed by atoms with Gasteiger partial charge in [0.25, 0.3) is 0 Å². The number of alkyl halides is 3. The lowest BCUT2D eigenvalue weighted by atomic mass is 10.1. The van der Waals surface area contributed by atoms with Crippen LogP contribution in [0.4, 0.5) is 13.2 Å². The smallest absolute Gasteiger partial charge is 0.411 e. The first-order valence-electron chi connectivity index (χ1n) is 5.49. The summed E-state index contributed by atoms with van der Waals surface area (Å²) in [6, 6.07) is 4.99. The van der Waals surface area contributed by atoms with Crippen LogP contribution in [0.5, 0.6) is 5.75 Å². The van der Waals surface area contributed by atoms with Crippen LogP contribution < -0.4 is 4.74 Å². The zero-order valence-corrected chi connectivity index (χ0v) is 11.8. The van der Waals surface area contributed by atoms with Crippen molar-refractivity contribution in [2.24, 2.45) is 0 Å². The van der Waals surface area contributed by atoms with Crippen LogP contribution >= 0.6 is 15.9 Å². The fourth-order valence-corrected chi connectivity index (χ4v) is 2.07. The molecule has 3 nitrogen and oxygen atoms in total. The highest BCUT2D eigenvalue weighted by atomic mass is 79.9. The fourth-order valence-electron chi connectivity index (χ4n) is 1.44. The minimum absolute atomic E-state index is 0.0843. The molecule has 0 saturated heterocycles. The van der Waals surface area contributed by atoms with Crippen molar-refractivity contribution in [1.29, 1.82) is 0 Å². The number of hydrogen-bond donors (Lipinski definition) is 1. The Bertz CT molecular complexity index is 410. The Morgan fingerprint density at radius 2 is 2.05 bits per heavy atom. The molecule has 1 unspecified atom stereocenters. The first-order chi connectivity index (χ1) is 8.83. The van der Waals surface area contributed by atoms with E-state index >= 15 is 0 Å². The van der Waals surface area contributed by atoms with Crippen molar-refractivity contribution in [3.05, 3.63) is 28.2 Å². The molecule has 1 aromatic carbocycles. The van der Waals surface area contributed by atoms with Crippen LogP contribution in [-0.4, -0.2) is 31.6 Å². The van der Waals surface area contributed by atoms with E-state index in [2.05, 4.69) is 20.7 Å². The molecule has 7 heteroatoms. The number of methoxy groups -OCH3 is 1. The normalized spacial score (nSPS) is 13.4. The van der Waals surface area contributed by atoms with E-state index in [1.165, 1.54) is 7.11 Å². The molecule has 0 amide bonds. The first kappa shape index (κ1) is 16.3. The maximum Gasteiger partial charge on any atom is 0.411 e. The van der Waals surface area contributed by atoms with Gasteiger partial charge in [0.1, 0.15) is 12.4 Å². The van der Waals surface area contributed by atoms with Crippen molar-refractivity contribution in [2.75, 3.05) is 20.3 Å². The van der Waals surface area contributed by atoms with Crippen LogP contribution in [0.2, 0.25) is 0 Å². The van der Waals surface area contributed by atoms with Crippen LogP contribution in [0.25, 0.3) is 0 Å². The van der Waals surface area contributed by atoms with Crippen molar-refractivity contribution < 1.29 is 27.8 Å². The Labute approximate surface area is 117 Å². The number of benzene rings is 1. The van der Waals surface area contributed by atoms with Gasteiger partial charge in [-0.3, -0.25) is 0 Å². The van der Waals surface area contributed by atoms with Crippen molar-refractivity contribution >= 4 is 15.9 Å². The number of halogens is 4. The minimum Gasteiger partial charge on any atom is -0.497 e. The Morgan fingerprint density at radius 1 is 1.37 bits per heavy atom. The predicted octanol–water partition coefficient (Wildman–Crippen LogP) is 3.46. The number of hydrogen-bond acceptors (Lipinski definition) is 3. The van der Waals surface area contributed by atoms with E-state index in [1.54, 1.807) is 18.2 Å². The van der Waals surface area contributed by atoms with Crippen LogP contribution in [0.15, 0.2) is 22.7 Å². The zero-order valence-electron chi connectivity index (χ0n) is 10.2. The molecule has 0 heterocycles. The SMILES string of the molecule is COc1ccc(C(O)CCOCC(F)(F)F)c(Br)c1. The summed E-state index contributed by atoms with van der Waals surface area (Å²) in [6.45, 7) is -1.47.